The minimum Gasteiger partial charge on any atom is -0.396 e. The quantitative estimate of drug-likeness (QED) is 0.825. The van der Waals surface area contributed by atoms with Crippen molar-refractivity contribution in [2.75, 3.05) is 13.2 Å². The normalized spacial score (nSPS) is 11.9. The number of aliphatic hydroxyl groups is 1. The molecule has 0 heterocycles. The predicted molar refractivity (Wildman–Crippen MR) is 88.8 cm³/mol. The first-order valence-corrected chi connectivity index (χ1v) is 7.67. The average Bonchev–Trinajstić information content (AvgIpc) is 2.52. The molecule has 2 N–H and O–H groups in total. The lowest BCUT2D eigenvalue weighted by Gasteiger charge is -2.17. The molecule has 0 aliphatic carbocycles. The fourth-order valence-electron chi connectivity index (χ4n) is 2.57. The van der Waals surface area contributed by atoms with Gasteiger partial charge in [-0.05, 0) is 24.5 Å². The number of hydrogen-bond acceptors (Lipinski definition) is 2. The molecule has 1 atom stereocenters. The van der Waals surface area contributed by atoms with Crippen LogP contribution in [0.3, 0.4) is 0 Å². The molecule has 0 aliphatic heterocycles. The highest BCUT2D eigenvalue weighted by molar-refractivity contribution is 5.78. The highest BCUT2D eigenvalue weighted by Gasteiger charge is 2.12. The van der Waals surface area contributed by atoms with E-state index in [-0.39, 0.29) is 18.4 Å². The second-order valence-corrected chi connectivity index (χ2v) is 5.59. The topological polar surface area (TPSA) is 49.3 Å². The molecule has 0 fully saturated rings. The van der Waals surface area contributed by atoms with Crippen LogP contribution in [0.15, 0.2) is 54.6 Å². The maximum atomic E-state index is 12.1. The Morgan fingerprint density at radius 1 is 1.14 bits per heavy atom. The third kappa shape index (κ3) is 5.01. The van der Waals surface area contributed by atoms with Crippen molar-refractivity contribution in [3.63, 3.8) is 0 Å². The van der Waals surface area contributed by atoms with Crippen LogP contribution >= 0.6 is 0 Å². The maximum absolute atomic E-state index is 12.1. The summed E-state index contributed by atoms with van der Waals surface area (Å²) in [6, 6.07) is 18.0. The van der Waals surface area contributed by atoms with E-state index in [0.717, 1.165) is 16.7 Å². The SMILES string of the molecule is Cc1cccc(CC(=O)NCC(CCO)c2ccccc2)c1. The van der Waals surface area contributed by atoms with Gasteiger partial charge in [0.25, 0.3) is 0 Å². The predicted octanol–water partition coefficient (Wildman–Crippen LogP) is 2.82. The summed E-state index contributed by atoms with van der Waals surface area (Å²) >= 11 is 0. The Kier molecular flexibility index (Phi) is 6.16. The lowest BCUT2D eigenvalue weighted by atomic mass is 9.96. The van der Waals surface area contributed by atoms with Crippen LogP contribution in [0.1, 0.15) is 29.0 Å². The summed E-state index contributed by atoms with van der Waals surface area (Å²) in [5, 5.41) is 12.2. The van der Waals surface area contributed by atoms with E-state index in [4.69, 9.17) is 0 Å². The van der Waals surface area contributed by atoms with Gasteiger partial charge >= 0.3 is 0 Å². The Balaban J connectivity index is 1.90. The highest BCUT2D eigenvalue weighted by Crippen LogP contribution is 2.18. The van der Waals surface area contributed by atoms with E-state index in [1.54, 1.807) is 0 Å². The molecule has 0 saturated carbocycles. The lowest BCUT2D eigenvalue weighted by molar-refractivity contribution is -0.120. The smallest absolute Gasteiger partial charge is 0.224 e. The summed E-state index contributed by atoms with van der Waals surface area (Å²) in [6.45, 7) is 2.69. The molecule has 0 aliphatic rings. The monoisotopic (exact) mass is 297 g/mol. The molecule has 3 heteroatoms. The number of nitrogens with one attached hydrogen (secondary N) is 1. The standard InChI is InChI=1S/C19H23NO2/c1-15-6-5-7-16(12-15)13-19(22)20-14-18(10-11-21)17-8-3-2-4-9-17/h2-9,12,18,21H,10-11,13-14H2,1H3,(H,20,22). The van der Waals surface area contributed by atoms with Gasteiger partial charge in [-0.3, -0.25) is 4.79 Å². The van der Waals surface area contributed by atoms with Gasteiger partial charge in [0.15, 0.2) is 0 Å². The number of carbonyl (C=O) groups is 1. The molecule has 2 aromatic carbocycles. The number of aryl methyl sites for hydroxylation is 1. The molecule has 0 bridgehead atoms. The van der Waals surface area contributed by atoms with E-state index >= 15 is 0 Å². The van der Waals surface area contributed by atoms with Gasteiger partial charge in [-0.2, -0.15) is 0 Å². The van der Waals surface area contributed by atoms with Crippen LogP contribution in [0.5, 0.6) is 0 Å². The number of benzene rings is 2. The van der Waals surface area contributed by atoms with Crippen LogP contribution < -0.4 is 5.32 Å². The van der Waals surface area contributed by atoms with E-state index in [1.807, 2.05) is 61.5 Å². The third-order valence-electron chi connectivity index (χ3n) is 3.74. The zero-order valence-corrected chi connectivity index (χ0v) is 13.0. The van der Waals surface area contributed by atoms with Crippen molar-refractivity contribution < 1.29 is 9.90 Å². The van der Waals surface area contributed by atoms with Crippen molar-refractivity contribution in [3.8, 4) is 0 Å². The lowest BCUT2D eigenvalue weighted by Crippen LogP contribution is -2.30. The Morgan fingerprint density at radius 3 is 2.59 bits per heavy atom. The maximum Gasteiger partial charge on any atom is 0.224 e. The molecular weight excluding hydrogens is 274 g/mol. The average molecular weight is 297 g/mol. The van der Waals surface area contributed by atoms with Gasteiger partial charge in [0.05, 0.1) is 6.42 Å². The minimum atomic E-state index is 0.0180. The van der Waals surface area contributed by atoms with Crippen molar-refractivity contribution in [2.24, 2.45) is 0 Å². The number of rotatable bonds is 7. The highest BCUT2D eigenvalue weighted by atomic mass is 16.3. The van der Waals surface area contributed by atoms with Gasteiger partial charge in [0.2, 0.25) is 5.91 Å². The summed E-state index contributed by atoms with van der Waals surface area (Å²) in [5.41, 5.74) is 3.33. The molecule has 0 aromatic heterocycles. The van der Waals surface area contributed by atoms with Crippen LogP contribution in [0.2, 0.25) is 0 Å². The minimum absolute atomic E-state index is 0.0180. The fraction of sp³-hybridized carbons (Fsp3) is 0.316. The summed E-state index contributed by atoms with van der Waals surface area (Å²) in [7, 11) is 0. The van der Waals surface area contributed by atoms with Crippen molar-refractivity contribution >= 4 is 5.91 Å². The first kappa shape index (κ1) is 16.2. The fourth-order valence-corrected chi connectivity index (χ4v) is 2.57. The van der Waals surface area contributed by atoms with Gasteiger partial charge in [0.1, 0.15) is 0 Å². The van der Waals surface area contributed by atoms with Crippen molar-refractivity contribution in [1.29, 1.82) is 0 Å². The largest absolute Gasteiger partial charge is 0.396 e. The van der Waals surface area contributed by atoms with Gasteiger partial charge < -0.3 is 10.4 Å². The molecule has 1 amide bonds. The summed E-state index contributed by atoms with van der Waals surface area (Å²) < 4.78 is 0. The number of amides is 1. The van der Waals surface area contributed by atoms with E-state index in [0.29, 0.717) is 19.4 Å². The molecule has 3 nitrogen and oxygen atoms in total. The van der Waals surface area contributed by atoms with E-state index < -0.39 is 0 Å². The van der Waals surface area contributed by atoms with Crippen LogP contribution in [0, 0.1) is 6.92 Å². The second-order valence-electron chi connectivity index (χ2n) is 5.59. The molecule has 22 heavy (non-hydrogen) atoms. The molecule has 0 saturated heterocycles. The Hall–Kier alpha value is -2.13. The van der Waals surface area contributed by atoms with Crippen molar-refractivity contribution in [1.82, 2.24) is 5.32 Å². The number of aliphatic hydroxyl groups excluding tert-OH is 1. The van der Waals surface area contributed by atoms with E-state index in [2.05, 4.69) is 5.32 Å². The van der Waals surface area contributed by atoms with E-state index in [1.165, 1.54) is 0 Å². The number of hydrogen-bond donors (Lipinski definition) is 2. The van der Waals surface area contributed by atoms with Gasteiger partial charge in [-0.15, -0.1) is 0 Å². The van der Waals surface area contributed by atoms with E-state index in [9.17, 15) is 9.90 Å². The molecule has 2 aromatic rings. The summed E-state index contributed by atoms with van der Waals surface area (Å²) in [5.74, 6) is 0.164. The van der Waals surface area contributed by atoms with Gasteiger partial charge in [0, 0.05) is 19.1 Å². The third-order valence-corrected chi connectivity index (χ3v) is 3.74. The Labute approximate surface area is 132 Å². The Bertz CT molecular complexity index is 595. The zero-order valence-electron chi connectivity index (χ0n) is 13.0. The van der Waals surface area contributed by atoms with Crippen LogP contribution in [-0.2, 0) is 11.2 Å². The molecule has 1 unspecified atom stereocenters. The van der Waals surface area contributed by atoms with Gasteiger partial charge in [-0.1, -0.05) is 60.2 Å². The molecule has 0 radical (unpaired) electrons. The second kappa shape index (κ2) is 8.35. The molecule has 116 valence electrons. The van der Waals surface area contributed by atoms with Crippen LogP contribution in [0.25, 0.3) is 0 Å². The first-order chi connectivity index (χ1) is 10.7. The summed E-state index contributed by atoms with van der Waals surface area (Å²) in [4.78, 5) is 12.1. The molecule has 2 rings (SSSR count). The molecule has 0 spiro atoms. The zero-order chi connectivity index (χ0) is 15.8. The van der Waals surface area contributed by atoms with Crippen LogP contribution in [-0.4, -0.2) is 24.2 Å². The van der Waals surface area contributed by atoms with Crippen LogP contribution in [0.4, 0.5) is 0 Å². The number of carbonyl (C=O) groups excluding carboxylic acids is 1. The summed E-state index contributed by atoms with van der Waals surface area (Å²) in [6.07, 6.45) is 1.04. The molecular formula is C19H23NO2. The van der Waals surface area contributed by atoms with Gasteiger partial charge in [-0.25, -0.2) is 0 Å². The van der Waals surface area contributed by atoms with Crippen molar-refractivity contribution in [2.45, 2.75) is 25.7 Å². The van der Waals surface area contributed by atoms with Crippen molar-refractivity contribution in [3.05, 3.63) is 71.3 Å². The first-order valence-electron chi connectivity index (χ1n) is 7.67. The Morgan fingerprint density at radius 2 is 1.91 bits per heavy atom.